The number of carbonyl (C=O) groups is 1. The minimum atomic E-state index is -1.08. The SMILES string of the molecule is CC(C)(C)[C@@]1(C(=O)O)O[C@H]1c1ccccc1. The van der Waals surface area contributed by atoms with Crippen molar-refractivity contribution in [2.24, 2.45) is 5.41 Å². The van der Waals surface area contributed by atoms with Gasteiger partial charge in [-0.25, -0.2) is 4.79 Å². The molecule has 0 aromatic heterocycles. The molecular weight excluding hydrogens is 204 g/mol. The van der Waals surface area contributed by atoms with E-state index in [1.165, 1.54) is 0 Å². The molecule has 0 spiro atoms. The molecule has 86 valence electrons. The quantitative estimate of drug-likeness (QED) is 0.779. The van der Waals surface area contributed by atoms with E-state index < -0.39 is 17.0 Å². The van der Waals surface area contributed by atoms with E-state index in [9.17, 15) is 9.90 Å². The molecule has 0 aliphatic carbocycles. The minimum absolute atomic E-state index is 0.328. The van der Waals surface area contributed by atoms with Gasteiger partial charge in [-0.1, -0.05) is 51.1 Å². The van der Waals surface area contributed by atoms with Gasteiger partial charge in [0.1, 0.15) is 6.10 Å². The van der Waals surface area contributed by atoms with Gasteiger partial charge in [0.25, 0.3) is 0 Å². The molecular formula is C13H16O3. The summed E-state index contributed by atoms with van der Waals surface area (Å²) in [5.41, 5.74) is -0.562. The van der Waals surface area contributed by atoms with Crippen LogP contribution in [0.4, 0.5) is 0 Å². The van der Waals surface area contributed by atoms with Crippen molar-refractivity contribution in [2.45, 2.75) is 32.5 Å². The third-order valence-corrected chi connectivity index (χ3v) is 3.15. The van der Waals surface area contributed by atoms with Crippen LogP contribution in [0.5, 0.6) is 0 Å². The monoisotopic (exact) mass is 220 g/mol. The largest absolute Gasteiger partial charge is 0.479 e. The van der Waals surface area contributed by atoms with Crippen LogP contribution in [-0.4, -0.2) is 16.7 Å². The fraction of sp³-hybridized carbons (Fsp3) is 0.462. The Balaban J connectivity index is 2.34. The van der Waals surface area contributed by atoms with E-state index >= 15 is 0 Å². The number of hydrogen-bond donors (Lipinski definition) is 1. The van der Waals surface area contributed by atoms with Crippen LogP contribution in [0.1, 0.15) is 32.4 Å². The minimum Gasteiger partial charge on any atom is -0.479 e. The van der Waals surface area contributed by atoms with Gasteiger partial charge in [-0.3, -0.25) is 0 Å². The average molecular weight is 220 g/mol. The molecule has 2 rings (SSSR count). The molecule has 3 nitrogen and oxygen atoms in total. The standard InChI is InChI=1S/C13H16O3/c1-12(2,3)13(11(14)15)10(16-13)9-7-5-4-6-8-9/h4-8,10H,1-3H3,(H,14,15)/t10-,13+/m0/s1. The number of carboxylic acids is 1. The molecule has 1 fully saturated rings. The highest BCUT2D eigenvalue weighted by molar-refractivity contribution is 5.83. The average Bonchev–Trinajstić information content (AvgIpc) is 2.94. The van der Waals surface area contributed by atoms with Crippen LogP contribution in [0.3, 0.4) is 0 Å². The van der Waals surface area contributed by atoms with Crippen LogP contribution in [0.25, 0.3) is 0 Å². The lowest BCUT2D eigenvalue weighted by atomic mass is 9.77. The van der Waals surface area contributed by atoms with Crippen LogP contribution in [0, 0.1) is 5.41 Å². The van der Waals surface area contributed by atoms with Crippen LogP contribution >= 0.6 is 0 Å². The number of aliphatic carboxylic acids is 1. The van der Waals surface area contributed by atoms with Crippen LogP contribution in [0.15, 0.2) is 30.3 Å². The van der Waals surface area contributed by atoms with Gasteiger partial charge in [0.2, 0.25) is 5.60 Å². The first-order valence-corrected chi connectivity index (χ1v) is 5.36. The summed E-state index contributed by atoms with van der Waals surface area (Å²) < 4.78 is 5.52. The van der Waals surface area contributed by atoms with E-state index in [2.05, 4.69) is 0 Å². The van der Waals surface area contributed by atoms with E-state index in [1.807, 2.05) is 51.1 Å². The Labute approximate surface area is 95.0 Å². The second kappa shape index (κ2) is 3.32. The summed E-state index contributed by atoms with van der Waals surface area (Å²) in [6.45, 7) is 5.68. The topological polar surface area (TPSA) is 49.8 Å². The molecule has 1 aromatic carbocycles. The van der Waals surface area contributed by atoms with Crippen molar-refractivity contribution < 1.29 is 14.6 Å². The summed E-state index contributed by atoms with van der Waals surface area (Å²) in [5, 5.41) is 9.35. The summed E-state index contributed by atoms with van der Waals surface area (Å²) in [5.74, 6) is -0.881. The molecule has 0 unspecified atom stereocenters. The number of hydrogen-bond acceptors (Lipinski definition) is 2. The van der Waals surface area contributed by atoms with Crippen LogP contribution in [-0.2, 0) is 9.53 Å². The van der Waals surface area contributed by atoms with Gasteiger partial charge in [0.05, 0.1) is 0 Å². The highest BCUT2D eigenvalue weighted by atomic mass is 16.6. The maximum absolute atomic E-state index is 11.4. The molecule has 1 N–H and O–H groups in total. The highest BCUT2D eigenvalue weighted by Gasteiger charge is 2.70. The molecule has 1 saturated heterocycles. The van der Waals surface area contributed by atoms with Crippen molar-refractivity contribution in [1.82, 2.24) is 0 Å². The zero-order chi connectivity index (χ0) is 12.0. The van der Waals surface area contributed by atoms with Crippen LogP contribution in [0.2, 0.25) is 0 Å². The summed E-state index contributed by atoms with van der Waals surface area (Å²) in [7, 11) is 0. The van der Waals surface area contributed by atoms with Crippen molar-refractivity contribution in [2.75, 3.05) is 0 Å². The Morgan fingerprint density at radius 1 is 1.31 bits per heavy atom. The molecule has 0 amide bonds. The van der Waals surface area contributed by atoms with Gasteiger partial charge in [-0.05, 0) is 5.56 Å². The third-order valence-electron chi connectivity index (χ3n) is 3.15. The predicted molar refractivity (Wildman–Crippen MR) is 60.1 cm³/mol. The number of ether oxygens (including phenoxy) is 1. The molecule has 1 aliphatic rings. The third kappa shape index (κ3) is 1.43. The number of benzene rings is 1. The van der Waals surface area contributed by atoms with Crippen molar-refractivity contribution in [3.05, 3.63) is 35.9 Å². The maximum Gasteiger partial charge on any atom is 0.339 e. The molecule has 1 aliphatic heterocycles. The van der Waals surface area contributed by atoms with E-state index in [0.717, 1.165) is 5.56 Å². The number of epoxide rings is 1. The lowest BCUT2D eigenvalue weighted by Crippen LogP contribution is -2.39. The highest BCUT2D eigenvalue weighted by Crippen LogP contribution is 2.59. The first-order valence-electron chi connectivity index (χ1n) is 5.36. The fourth-order valence-corrected chi connectivity index (χ4v) is 2.14. The molecule has 0 radical (unpaired) electrons. The van der Waals surface area contributed by atoms with Crippen molar-refractivity contribution in [1.29, 1.82) is 0 Å². The van der Waals surface area contributed by atoms with Gasteiger partial charge in [-0.2, -0.15) is 0 Å². The molecule has 16 heavy (non-hydrogen) atoms. The van der Waals surface area contributed by atoms with Gasteiger partial charge in [0.15, 0.2) is 0 Å². The second-order valence-electron chi connectivity index (χ2n) is 5.20. The van der Waals surface area contributed by atoms with Gasteiger partial charge in [0, 0.05) is 5.41 Å². The smallest absolute Gasteiger partial charge is 0.339 e. The lowest BCUT2D eigenvalue weighted by molar-refractivity contribution is -0.147. The van der Waals surface area contributed by atoms with Gasteiger partial charge < -0.3 is 9.84 Å². The van der Waals surface area contributed by atoms with Gasteiger partial charge in [-0.15, -0.1) is 0 Å². The first kappa shape index (κ1) is 11.1. The van der Waals surface area contributed by atoms with Crippen molar-refractivity contribution >= 4 is 5.97 Å². The Hall–Kier alpha value is -1.35. The fourth-order valence-electron chi connectivity index (χ4n) is 2.14. The second-order valence-corrected chi connectivity index (χ2v) is 5.20. The van der Waals surface area contributed by atoms with E-state index in [0.29, 0.717) is 0 Å². The molecule has 3 heteroatoms. The van der Waals surface area contributed by atoms with E-state index in [1.54, 1.807) is 0 Å². The Morgan fingerprint density at radius 2 is 1.88 bits per heavy atom. The predicted octanol–water partition coefficient (Wildman–Crippen LogP) is 2.63. The Bertz CT molecular complexity index is 405. The van der Waals surface area contributed by atoms with Gasteiger partial charge >= 0.3 is 5.97 Å². The lowest BCUT2D eigenvalue weighted by Gasteiger charge is -2.24. The Morgan fingerprint density at radius 3 is 2.25 bits per heavy atom. The summed E-state index contributed by atoms with van der Waals surface area (Å²) >= 11 is 0. The van der Waals surface area contributed by atoms with E-state index in [-0.39, 0.29) is 6.10 Å². The van der Waals surface area contributed by atoms with Crippen molar-refractivity contribution in [3.8, 4) is 0 Å². The number of carboxylic acid groups (broad SMARTS) is 1. The molecule has 0 bridgehead atoms. The molecule has 2 atom stereocenters. The van der Waals surface area contributed by atoms with E-state index in [4.69, 9.17) is 4.74 Å². The molecule has 1 heterocycles. The normalized spacial score (nSPS) is 28.8. The summed E-state index contributed by atoms with van der Waals surface area (Å²) in [6.07, 6.45) is -0.328. The first-order chi connectivity index (χ1) is 7.39. The maximum atomic E-state index is 11.4. The van der Waals surface area contributed by atoms with Crippen LogP contribution < -0.4 is 0 Å². The Kier molecular flexibility index (Phi) is 2.31. The molecule has 0 saturated carbocycles. The van der Waals surface area contributed by atoms with Crippen molar-refractivity contribution in [3.63, 3.8) is 0 Å². The summed E-state index contributed by atoms with van der Waals surface area (Å²) in [6, 6.07) is 9.51. The number of rotatable bonds is 2. The zero-order valence-electron chi connectivity index (χ0n) is 9.73. The zero-order valence-corrected chi connectivity index (χ0v) is 9.73. The molecule has 1 aromatic rings. The summed E-state index contributed by atoms with van der Waals surface area (Å²) in [4.78, 5) is 11.4.